The van der Waals surface area contributed by atoms with Crippen molar-refractivity contribution in [2.45, 2.75) is 12.8 Å². The summed E-state index contributed by atoms with van der Waals surface area (Å²) in [6.45, 7) is 3.55. The number of halogens is 1. The molecule has 1 N–H and O–H groups in total. The third-order valence-electron chi connectivity index (χ3n) is 3.30. The van der Waals surface area contributed by atoms with E-state index in [0.29, 0.717) is 0 Å². The van der Waals surface area contributed by atoms with Crippen molar-refractivity contribution in [3.63, 3.8) is 0 Å². The van der Waals surface area contributed by atoms with Crippen LogP contribution in [0.25, 0.3) is 0 Å². The Bertz CT molecular complexity index is 317. The molecule has 1 atom stereocenters. The van der Waals surface area contributed by atoms with Gasteiger partial charge in [0, 0.05) is 23.8 Å². The largest absolute Gasteiger partial charge is 0.375 e. The van der Waals surface area contributed by atoms with Gasteiger partial charge in [-0.3, -0.25) is 0 Å². The van der Waals surface area contributed by atoms with E-state index in [2.05, 4.69) is 57.5 Å². The van der Waals surface area contributed by atoms with Gasteiger partial charge in [0.2, 0.25) is 0 Å². The second-order valence-electron chi connectivity index (χ2n) is 4.55. The van der Waals surface area contributed by atoms with Crippen molar-refractivity contribution in [2.75, 3.05) is 31.6 Å². The molecule has 0 amide bonds. The van der Waals surface area contributed by atoms with Gasteiger partial charge in [0.1, 0.15) is 0 Å². The maximum atomic E-state index is 3.46. The van der Waals surface area contributed by atoms with Crippen LogP contribution in [0, 0.1) is 5.92 Å². The van der Waals surface area contributed by atoms with Crippen LogP contribution in [0.15, 0.2) is 28.7 Å². The summed E-state index contributed by atoms with van der Waals surface area (Å²) in [4.78, 5) is 2.34. The average molecular weight is 283 g/mol. The molecule has 1 unspecified atom stereocenters. The van der Waals surface area contributed by atoms with Crippen LogP contribution in [0.4, 0.5) is 5.69 Å². The Balaban J connectivity index is 1.82. The number of benzene rings is 1. The fourth-order valence-electron chi connectivity index (χ4n) is 2.16. The second-order valence-corrected chi connectivity index (χ2v) is 5.46. The summed E-state index contributed by atoms with van der Waals surface area (Å²) >= 11 is 3.46. The van der Waals surface area contributed by atoms with Gasteiger partial charge < -0.3 is 10.2 Å². The molecule has 1 aliphatic rings. The third kappa shape index (κ3) is 3.22. The summed E-state index contributed by atoms with van der Waals surface area (Å²) in [5, 5.41) is 3.42. The van der Waals surface area contributed by atoms with E-state index >= 15 is 0 Å². The molecule has 1 aromatic carbocycles. The van der Waals surface area contributed by atoms with Crippen molar-refractivity contribution < 1.29 is 0 Å². The van der Waals surface area contributed by atoms with Gasteiger partial charge in [0.15, 0.2) is 0 Å². The molecular weight excluding hydrogens is 264 g/mol. The Hall–Kier alpha value is -0.540. The van der Waals surface area contributed by atoms with Crippen LogP contribution < -0.4 is 10.2 Å². The fourth-order valence-corrected chi connectivity index (χ4v) is 2.43. The molecule has 1 aliphatic heterocycles. The van der Waals surface area contributed by atoms with Gasteiger partial charge in [0.05, 0.1) is 0 Å². The highest BCUT2D eigenvalue weighted by Gasteiger charge is 2.14. The van der Waals surface area contributed by atoms with Crippen molar-refractivity contribution >= 4 is 21.6 Å². The molecule has 0 aliphatic carbocycles. The minimum atomic E-state index is 0.873. The maximum Gasteiger partial charge on any atom is 0.0364 e. The normalized spacial score (nSPS) is 20.0. The first kappa shape index (κ1) is 11.9. The van der Waals surface area contributed by atoms with Crippen LogP contribution in [0.5, 0.6) is 0 Å². The first-order valence-electron chi connectivity index (χ1n) is 5.93. The number of rotatable bonds is 4. The molecule has 1 heterocycles. The summed E-state index contributed by atoms with van der Waals surface area (Å²) in [5.41, 5.74) is 1.30. The fraction of sp³-hybridized carbons (Fsp3) is 0.538. The molecule has 0 saturated carbocycles. The SMILES string of the molecule is CN(CCC1CCNC1)c1ccc(Br)cc1. The highest BCUT2D eigenvalue weighted by molar-refractivity contribution is 9.10. The predicted molar refractivity (Wildman–Crippen MR) is 73.0 cm³/mol. The van der Waals surface area contributed by atoms with E-state index in [4.69, 9.17) is 0 Å². The monoisotopic (exact) mass is 282 g/mol. The molecule has 1 aromatic rings. The Morgan fingerprint density at radius 3 is 2.75 bits per heavy atom. The summed E-state index contributed by atoms with van der Waals surface area (Å²) in [7, 11) is 2.17. The molecular formula is C13H19BrN2. The van der Waals surface area contributed by atoms with E-state index in [1.54, 1.807) is 0 Å². The van der Waals surface area contributed by atoms with Gasteiger partial charge >= 0.3 is 0 Å². The van der Waals surface area contributed by atoms with Crippen LogP contribution in [-0.4, -0.2) is 26.7 Å². The summed E-state index contributed by atoms with van der Waals surface area (Å²) < 4.78 is 1.14. The first-order valence-corrected chi connectivity index (χ1v) is 6.72. The van der Waals surface area contributed by atoms with Crippen molar-refractivity contribution in [1.29, 1.82) is 0 Å². The lowest BCUT2D eigenvalue weighted by molar-refractivity contribution is 0.533. The smallest absolute Gasteiger partial charge is 0.0364 e. The van der Waals surface area contributed by atoms with Gasteiger partial charge in [-0.2, -0.15) is 0 Å². The van der Waals surface area contributed by atoms with Crippen molar-refractivity contribution in [1.82, 2.24) is 5.32 Å². The zero-order chi connectivity index (χ0) is 11.4. The van der Waals surface area contributed by atoms with E-state index in [1.807, 2.05) is 0 Å². The predicted octanol–water partition coefficient (Wildman–Crippen LogP) is 2.88. The standard InChI is InChI=1S/C13H19BrN2/c1-16(9-7-11-6-8-15-10-11)13-4-2-12(14)3-5-13/h2-5,11,15H,6-10H2,1H3. The van der Waals surface area contributed by atoms with E-state index < -0.39 is 0 Å². The molecule has 16 heavy (non-hydrogen) atoms. The molecule has 1 fully saturated rings. The Morgan fingerprint density at radius 2 is 2.12 bits per heavy atom. The zero-order valence-corrected chi connectivity index (χ0v) is 11.3. The minimum Gasteiger partial charge on any atom is -0.375 e. The van der Waals surface area contributed by atoms with Crippen LogP contribution in [0.2, 0.25) is 0 Å². The molecule has 0 aromatic heterocycles. The van der Waals surface area contributed by atoms with Gasteiger partial charge in [-0.15, -0.1) is 0 Å². The highest BCUT2D eigenvalue weighted by Crippen LogP contribution is 2.19. The van der Waals surface area contributed by atoms with E-state index in [1.165, 1.54) is 31.6 Å². The van der Waals surface area contributed by atoms with Crippen molar-refractivity contribution in [2.24, 2.45) is 5.92 Å². The van der Waals surface area contributed by atoms with Crippen molar-refractivity contribution in [3.05, 3.63) is 28.7 Å². The van der Waals surface area contributed by atoms with Gasteiger partial charge in [-0.05, 0) is 56.1 Å². The third-order valence-corrected chi connectivity index (χ3v) is 3.83. The Labute approximate surface area is 106 Å². The lowest BCUT2D eigenvalue weighted by Gasteiger charge is -2.21. The summed E-state index contributed by atoms with van der Waals surface area (Å²) in [6.07, 6.45) is 2.63. The van der Waals surface area contributed by atoms with Gasteiger partial charge in [0.25, 0.3) is 0 Å². The molecule has 0 bridgehead atoms. The topological polar surface area (TPSA) is 15.3 Å². The lowest BCUT2D eigenvalue weighted by Crippen LogP contribution is -2.21. The molecule has 2 nitrogen and oxygen atoms in total. The molecule has 0 radical (unpaired) electrons. The quantitative estimate of drug-likeness (QED) is 0.914. The van der Waals surface area contributed by atoms with Crippen LogP contribution in [0.3, 0.4) is 0 Å². The average Bonchev–Trinajstić information content (AvgIpc) is 2.80. The van der Waals surface area contributed by atoms with Gasteiger partial charge in [-0.25, -0.2) is 0 Å². The molecule has 2 rings (SSSR count). The van der Waals surface area contributed by atoms with Crippen molar-refractivity contribution in [3.8, 4) is 0 Å². The van der Waals surface area contributed by atoms with Crippen LogP contribution >= 0.6 is 15.9 Å². The second kappa shape index (κ2) is 5.69. The Kier molecular flexibility index (Phi) is 4.24. The molecule has 3 heteroatoms. The Morgan fingerprint density at radius 1 is 1.38 bits per heavy atom. The highest BCUT2D eigenvalue weighted by atomic mass is 79.9. The maximum absolute atomic E-state index is 3.46. The zero-order valence-electron chi connectivity index (χ0n) is 9.75. The number of hydrogen-bond donors (Lipinski definition) is 1. The number of nitrogens with one attached hydrogen (secondary N) is 1. The summed E-state index contributed by atoms with van der Waals surface area (Å²) in [5.74, 6) is 0.873. The van der Waals surface area contributed by atoms with Crippen LogP contribution in [0.1, 0.15) is 12.8 Å². The number of anilines is 1. The first-order chi connectivity index (χ1) is 7.75. The number of hydrogen-bond acceptors (Lipinski definition) is 2. The van der Waals surface area contributed by atoms with E-state index in [9.17, 15) is 0 Å². The van der Waals surface area contributed by atoms with Gasteiger partial charge in [-0.1, -0.05) is 15.9 Å². The molecule has 1 saturated heterocycles. The van der Waals surface area contributed by atoms with E-state index in [-0.39, 0.29) is 0 Å². The molecule has 0 spiro atoms. The minimum absolute atomic E-state index is 0.873. The van der Waals surface area contributed by atoms with E-state index in [0.717, 1.165) is 16.9 Å². The molecule has 88 valence electrons. The lowest BCUT2D eigenvalue weighted by atomic mass is 10.0. The number of nitrogens with zero attached hydrogens (tertiary/aromatic N) is 1. The van der Waals surface area contributed by atoms with Crippen LogP contribution in [-0.2, 0) is 0 Å². The summed E-state index contributed by atoms with van der Waals surface area (Å²) in [6, 6.07) is 8.53.